The van der Waals surface area contributed by atoms with Crippen molar-refractivity contribution in [3.8, 4) is 11.3 Å². The Bertz CT molecular complexity index is 1020. The largest absolute Gasteiger partial charge is 0.360 e. The molecule has 0 fully saturated rings. The number of ketones is 1. The lowest BCUT2D eigenvalue weighted by atomic mass is 10.00. The number of rotatable bonds is 6. The highest BCUT2D eigenvalue weighted by Crippen LogP contribution is 2.29. The number of benzene rings is 1. The molecule has 0 spiro atoms. The second-order valence-electron chi connectivity index (χ2n) is 6.95. The van der Waals surface area contributed by atoms with E-state index in [-0.39, 0.29) is 11.7 Å². The highest BCUT2D eigenvalue weighted by molar-refractivity contribution is 7.18. The third-order valence-corrected chi connectivity index (χ3v) is 6.12. The van der Waals surface area contributed by atoms with Crippen LogP contribution >= 0.6 is 22.9 Å². The van der Waals surface area contributed by atoms with Crippen LogP contribution in [0.15, 0.2) is 52.0 Å². The van der Waals surface area contributed by atoms with E-state index in [1.54, 1.807) is 12.1 Å². The molecule has 2 aromatic heterocycles. The molecule has 0 bridgehead atoms. The quantitative estimate of drug-likeness (QED) is 0.526. The number of aromatic nitrogens is 1. The summed E-state index contributed by atoms with van der Waals surface area (Å²) < 4.78 is 6.13. The van der Waals surface area contributed by atoms with E-state index in [1.165, 1.54) is 11.3 Å². The Hall–Kier alpha value is -2.44. The van der Waals surface area contributed by atoms with Crippen molar-refractivity contribution in [3.63, 3.8) is 0 Å². The second kappa shape index (κ2) is 7.89. The van der Waals surface area contributed by atoms with Gasteiger partial charge in [0.25, 0.3) is 0 Å². The molecule has 1 aromatic carbocycles. The van der Waals surface area contributed by atoms with E-state index < -0.39 is 0 Å². The zero-order valence-corrected chi connectivity index (χ0v) is 17.3. The Morgan fingerprint density at radius 1 is 1.25 bits per heavy atom. The van der Waals surface area contributed by atoms with Crippen molar-refractivity contribution in [2.24, 2.45) is 4.99 Å². The van der Waals surface area contributed by atoms with Crippen molar-refractivity contribution in [2.75, 3.05) is 20.1 Å². The molecule has 1 aliphatic rings. The van der Waals surface area contributed by atoms with E-state index >= 15 is 0 Å². The van der Waals surface area contributed by atoms with Gasteiger partial charge in [-0.25, -0.2) is 0 Å². The monoisotopic (exact) mass is 413 g/mol. The Morgan fingerprint density at radius 3 is 2.64 bits per heavy atom. The van der Waals surface area contributed by atoms with Crippen molar-refractivity contribution >= 4 is 34.6 Å². The number of aliphatic imine (C=N–C) groups is 1. The van der Waals surface area contributed by atoms with Crippen molar-refractivity contribution in [2.45, 2.75) is 19.3 Å². The number of likely N-dealkylation sites (N-methyl/N-ethyl adjacent to an activating group) is 1. The number of nitrogens with zero attached hydrogens (tertiary/aromatic N) is 3. The van der Waals surface area contributed by atoms with Gasteiger partial charge in [-0.05, 0) is 12.1 Å². The van der Waals surface area contributed by atoms with Gasteiger partial charge in [-0.2, -0.15) is 0 Å². The molecule has 0 radical (unpaired) electrons. The van der Waals surface area contributed by atoms with E-state index in [2.05, 4.69) is 34.2 Å². The molecule has 4 rings (SSSR count). The summed E-state index contributed by atoms with van der Waals surface area (Å²) in [5.41, 5.74) is 2.84. The van der Waals surface area contributed by atoms with E-state index in [1.807, 2.05) is 25.1 Å². The van der Waals surface area contributed by atoms with Crippen LogP contribution in [0.2, 0.25) is 4.34 Å². The Balaban J connectivity index is 1.45. The maximum Gasteiger partial charge on any atom is 0.173 e. The first kappa shape index (κ1) is 18.9. The standard InChI is InChI=1S/C21H20ClN3O2S/c1-13(11-17(26)19-7-8-20(22)28-19)18-12-16(24-27-18)14-3-5-15(6-4-14)21-23-9-10-25(21)2/h3-8,12-13H,9-11H2,1-2H3/t13-/m1/s1. The van der Waals surface area contributed by atoms with Crippen LogP contribution in [0.4, 0.5) is 0 Å². The number of carbonyl (C=O) groups is 1. The first-order valence-electron chi connectivity index (χ1n) is 9.13. The molecular formula is C21H20ClN3O2S. The lowest BCUT2D eigenvalue weighted by molar-refractivity contribution is 0.0975. The number of amidine groups is 1. The van der Waals surface area contributed by atoms with Gasteiger partial charge in [0.15, 0.2) is 5.78 Å². The molecular weight excluding hydrogens is 394 g/mol. The predicted molar refractivity (Wildman–Crippen MR) is 113 cm³/mol. The lowest BCUT2D eigenvalue weighted by Crippen LogP contribution is -2.23. The van der Waals surface area contributed by atoms with Gasteiger partial charge in [0.2, 0.25) is 0 Å². The Kier molecular flexibility index (Phi) is 5.33. The van der Waals surface area contributed by atoms with Crippen LogP contribution in [0.25, 0.3) is 11.3 Å². The molecule has 1 aliphatic heterocycles. The number of halogens is 1. The number of carbonyl (C=O) groups excluding carboxylic acids is 1. The molecule has 3 aromatic rings. The van der Waals surface area contributed by atoms with Crippen molar-refractivity contribution < 1.29 is 9.32 Å². The van der Waals surface area contributed by atoms with Gasteiger partial charge < -0.3 is 9.42 Å². The van der Waals surface area contributed by atoms with Crippen molar-refractivity contribution in [1.29, 1.82) is 0 Å². The average molecular weight is 414 g/mol. The van der Waals surface area contributed by atoms with Crippen LogP contribution < -0.4 is 0 Å². The van der Waals surface area contributed by atoms with Gasteiger partial charge in [-0.1, -0.05) is 47.9 Å². The minimum absolute atomic E-state index is 0.0598. The van der Waals surface area contributed by atoms with Gasteiger partial charge in [-0.3, -0.25) is 9.79 Å². The molecule has 1 atom stereocenters. The highest BCUT2D eigenvalue weighted by Gasteiger charge is 2.19. The minimum atomic E-state index is -0.0598. The van der Waals surface area contributed by atoms with Crippen LogP contribution in [0, 0.1) is 0 Å². The molecule has 7 heteroatoms. The highest BCUT2D eigenvalue weighted by atomic mass is 35.5. The summed E-state index contributed by atoms with van der Waals surface area (Å²) in [7, 11) is 2.05. The first-order chi connectivity index (χ1) is 13.5. The van der Waals surface area contributed by atoms with Crippen LogP contribution in [0.5, 0.6) is 0 Å². The second-order valence-corrected chi connectivity index (χ2v) is 8.67. The van der Waals surface area contributed by atoms with Gasteiger partial charge in [0, 0.05) is 43.1 Å². The molecule has 0 saturated heterocycles. The van der Waals surface area contributed by atoms with E-state index in [0.717, 1.165) is 35.7 Å². The van der Waals surface area contributed by atoms with Gasteiger partial charge >= 0.3 is 0 Å². The zero-order valence-electron chi connectivity index (χ0n) is 15.7. The molecule has 0 N–H and O–H groups in total. The summed E-state index contributed by atoms with van der Waals surface area (Å²) in [6.45, 7) is 3.76. The van der Waals surface area contributed by atoms with Crippen LogP contribution in [0.3, 0.4) is 0 Å². The zero-order chi connectivity index (χ0) is 19.7. The molecule has 3 heterocycles. The third kappa shape index (κ3) is 3.88. The fourth-order valence-corrected chi connectivity index (χ4v) is 4.23. The fourth-order valence-electron chi connectivity index (χ4n) is 3.24. The van der Waals surface area contributed by atoms with E-state index in [4.69, 9.17) is 16.1 Å². The molecule has 28 heavy (non-hydrogen) atoms. The summed E-state index contributed by atoms with van der Waals surface area (Å²) >= 11 is 7.22. The minimum Gasteiger partial charge on any atom is -0.360 e. The van der Waals surface area contributed by atoms with Crippen LogP contribution in [-0.4, -0.2) is 41.8 Å². The summed E-state index contributed by atoms with van der Waals surface area (Å²) in [5, 5.41) is 4.19. The van der Waals surface area contributed by atoms with Gasteiger partial charge in [-0.15, -0.1) is 11.3 Å². The van der Waals surface area contributed by atoms with Crippen molar-refractivity contribution in [1.82, 2.24) is 10.1 Å². The summed E-state index contributed by atoms with van der Waals surface area (Å²) in [4.78, 5) is 19.8. The average Bonchev–Trinajstić information content (AvgIpc) is 3.42. The topological polar surface area (TPSA) is 58.7 Å². The number of hydrogen-bond acceptors (Lipinski definition) is 6. The molecule has 144 valence electrons. The Labute approximate surface area is 172 Å². The van der Waals surface area contributed by atoms with Gasteiger partial charge in [0.05, 0.1) is 15.8 Å². The third-order valence-electron chi connectivity index (χ3n) is 4.85. The molecule has 5 nitrogen and oxygen atoms in total. The van der Waals surface area contributed by atoms with Gasteiger partial charge in [0.1, 0.15) is 17.3 Å². The lowest BCUT2D eigenvalue weighted by Gasteiger charge is -2.13. The molecule has 0 amide bonds. The first-order valence-corrected chi connectivity index (χ1v) is 10.3. The summed E-state index contributed by atoms with van der Waals surface area (Å²) in [6.07, 6.45) is 0.358. The van der Waals surface area contributed by atoms with Crippen LogP contribution in [-0.2, 0) is 0 Å². The number of hydrogen-bond donors (Lipinski definition) is 0. The van der Waals surface area contributed by atoms with Crippen molar-refractivity contribution in [3.05, 3.63) is 63.0 Å². The van der Waals surface area contributed by atoms with E-state index in [9.17, 15) is 4.79 Å². The SMILES string of the molecule is C[C@H](CC(=O)c1ccc(Cl)s1)c1cc(-c2ccc(C3=NCCN3C)cc2)no1. The van der Waals surface area contributed by atoms with E-state index in [0.29, 0.717) is 21.4 Å². The normalized spacial score (nSPS) is 15.0. The maximum atomic E-state index is 12.4. The molecule has 0 saturated carbocycles. The smallest absolute Gasteiger partial charge is 0.173 e. The summed E-state index contributed by atoms with van der Waals surface area (Å²) in [5.74, 6) is 1.73. The maximum absolute atomic E-state index is 12.4. The molecule has 0 unspecified atom stereocenters. The summed E-state index contributed by atoms with van der Waals surface area (Å²) in [6, 6.07) is 13.6. The predicted octanol–water partition coefficient (Wildman–Crippen LogP) is 5.13. The number of thiophene rings is 1. The number of Topliss-reactive ketones (excluding diaryl/α,β-unsaturated/α-hetero) is 1. The fraction of sp³-hybridized carbons (Fsp3) is 0.286. The Morgan fingerprint density at radius 2 is 2.00 bits per heavy atom. The molecule has 0 aliphatic carbocycles. The van der Waals surface area contributed by atoms with Crippen LogP contribution in [0.1, 0.15) is 40.3 Å².